The molecule has 96 valence electrons. The molecule has 5 nitrogen and oxygen atoms in total. The molecule has 0 amide bonds. The van der Waals surface area contributed by atoms with Crippen LogP contribution in [0.3, 0.4) is 0 Å². The first-order valence-electron chi connectivity index (χ1n) is 5.85. The first-order valence-corrected chi connectivity index (χ1v) is 5.85. The molecule has 0 aliphatic carbocycles. The number of hydrogen-bond donors (Lipinski definition) is 2. The van der Waals surface area contributed by atoms with Crippen LogP contribution in [0.1, 0.15) is 6.92 Å². The molecular formula is C12H21N3O2. The zero-order valence-corrected chi connectivity index (χ0v) is 10.5. The summed E-state index contributed by atoms with van der Waals surface area (Å²) in [6.45, 7) is 4.99. The number of nitrogens with zero attached hydrogens (tertiary/aromatic N) is 2. The normalized spacial score (nSPS) is 10.3. The summed E-state index contributed by atoms with van der Waals surface area (Å²) in [5.74, 6) is 0. The predicted octanol–water partition coefficient (Wildman–Crippen LogP) is 0.958. The summed E-state index contributed by atoms with van der Waals surface area (Å²) >= 11 is 0. The van der Waals surface area contributed by atoms with E-state index >= 15 is 0 Å². The van der Waals surface area contributed by atoms with Gasteiger partial charge in [-0.1, -0.05) is 0 Å². The van der Waals surface area contributed by atoms with Gasteiger partial charge in [0.25, 0.3) is 0 Å². The molecule has 5 heteroatoms. The van der Waals surface area contributed by atoms with E-state index in [4.69, 9.17) is 9.84 Å². The van der Waals surface area contributed by atoms with Crippen LogP contribution < -0.4 is 10.2 Å². The van der Waals surface area contributed by atoms with Gasteiger partial charge in [-0.2, -0.15) is 0 Å². The standard InChI is InChI=1S/C12H21N3O2/c1-3-14-11-8-12(10-13-9-11)15(4-6-16)5-7-17-2/h8-10,14,16H,3-7H2,1-2H3. The number of rotatable bonds is 8. The molecule has 1 aromatic heterocycles. The van der Waals surface area contributed by atoms with Crippen molar-refractivity contribution < 1.29 is 9.84 Å². The third kappa shape index (κ3) is 4.58. The first kappa shape index (κ1) is 13.7. The highest BCUT2D eigenvalue weighted by molar-refractivity contribution is 5.55. The largest absolute Gasteiger partial charge is 0.395 e. The zero-order valence-electron chi connectivity index (χ0n) is 10.5. The van der Waals surface area contributed by atoms with Gasteiger partial charge in [-0.05, 0) is 13.0 Å². The molecule has 0 bridgehead atoms. The summed E-state index contributed by atoms with van der Waals surface area (Å²) < 4.78 is 5.06. The molecule has 0 aromatic carbocycles. The van der Waals surface area contributed by atoms with E-state index in [1.807, 2.05) is 13.0 Å². The summed E-state index contributed by atoms with van der Waals surface area (Å²) in [6.07, 6.45) is 3.59. The van der Waals surface area contributed by atoms with Gasteiger partial charge in [0.05, 0.1) is 37.0 Å². The number of aliphatic hydroxyl groups is 1. The number of anilines is 2. The predicted molar refractivity (Wildman–Crippen MR) is 69.6 cm³/mol. The number of aliphatic hydroxyl groups excluding tert-OH is 1. The van der Waals surface area contributed by atoms with E-state index in [9.17, 15) is 0 Å². The summed E-state index contributed by atoms with van der Waals surface area (Å²) in [6, 6.07) is 2.03. The molecule has 1 heterocycles. The average molecular weight is 239 g/mol. The van der Waals surface area contributed by atoms with Crippen LogP contribution in [0.4, 0.5) is 11.4 Å². The van der Waals surface area contributed by atoms with Gasteiger partial charge in [0.2, 0.25) is 0 Å². The molecular weight excluding hydrogens is 218 g/mol. The highest BCUT2D eigenvalue weighted by Gasteiger charge is 2.06. The average Bonchev–Trinajstić information content (AvgIpc) is 2.35. The minimum absolute atomic E-state index is 0.120. The lowest BCUT2D eigenvalue weighted by Gasteiger charge is -2.23. The molecule has 0 atom stereocenters. The fourth-order valence-corrected chi connectivity index (χ4v) is 1.59. The van der Waals surface area contributed by atoms with Crippen LogP contribution in [0.25, 0.3) is 0 Å². The van der Waals surface area contributed by atoms with E-state index in [1.54, 1.807) is 19.5 Å². The van der Waals surface area contributed by atoms with Gasteiger partial charge in [-0.15, -0.1) is 0 Å². The van der Waals surface area contributed by atoms with Gasteiger partial charge in [0, 0.05) is 26.7 Å². The van der Waals surface area contributed by atoms with Gasteiger partial charge in [-0.25, -0.2) is 0 Å². The lowest BCUT2D eigenvalue weighted by Crippen LogP contribution is -2.30. The molecule has 1 rings (SSSR count). The minimum atomic E-state index is 0.120. The van der Waals surface area contributed by atoms with Crippen molar-refractivity contribution in [3.8, 4) is 0 Å². The van der Waals surface area contributed by atoms with E-state index in [0.29, 0.717) is 13.2 Å². The van der Waals surface area contributed by atoms with Gasteiger partial charge >= 0.3 is 0 Å². The van der Waals surface area contributed by atoms with E-state index < -0.39 is 0 Å². The fraction of sp³-hybridized carbons (Fsp3) is 0.583. The van der Waals surface area contributed by atoms with Crippen molar-refractivity contribution in [3.05, 3.63) is 18.5 Å². The van der Waals surface area contributed by atoms with Gasteiger partial charge in [-0.3, -0.25) is 4.98 Å². The quantitative estimate of drug-likeness (QED) is 0.707. The fourth-order valence-electron chi connectivity index (χ4n) is 1.59. The van der Waals surface area contributed by atoms with Crippen LogP contribution in [0.2, 0.25) is 0 Å². The molecule has 2 N–H and O–H groups in total. The van der Waals surface area contributed by atoms with Crippen molar-refractivity contribution in [2.24, 2.45) is 0 Å². The molecule has 0 radical (unpaired) electrons. The van der Waals surface area contributed by atoms with Crippen molar-refractivity contribution in [2.45, 2.75) is 6.92 Å². The minimum Gasteiger partial charge on any atom is -0.395 e. The summed E-state index contributed by atoms with van der Waals surface area (Å²) in [4.78, 5) is 6.24. The Hall–Kier alpha value is -1.33. The number of pyridine rings is 1. The van der Waals surface area contributed by atoms with Gasteiger partial charge in [0.15, 0.2) is 0 Å². The van der Waals surface area contributed by atoms with Crippen LogP contribution in [-0.4, -0.2) is 50.0 Å². The molecule has 0 saturated heterocycles. The molecule has 0 fully saturated rings. The maximum Gasteiger partial charge on any atom is 0.0637 e. The number of ether oxygens (including phenoxy) is 1. The Kier molecular flexibility index (Phi) is 6.35. The van der Waals surface area contributed by atoms with Crippen molar-refractivity contribution in [1.29, 1.82) is 0 Å². The number of aromatic nitrogens is 1. The second kappa shape index (κ2) is 7.86. The summed E-state index contributed by atoms with van der Waals surface area (Å²) in [5, 5.41) is 12.3. The number of nitrogens with one attached hydrogen (secondary N) is 1. The van der Waals surface area contributed by atoms with E-state index in [-0.39, 0.29) is 6.61 Å². The lowest BCUT2D eigenvalue weighted by atomic mass is 10.3. The zero-order chi connectivity index (χ0) is 12.5. The Morgan fingerprint density at radius 2 is 2.24 bits per heavy atom. The summed E-state index contributed by atoms with van der Waals surface area (Å²) in [5.41, 5.74) is 1.99. The van der Waals surface area contributed by atoms with Crippen LogP contribution in [0.15, 0.2) is 18.5 Å². The third-order valence-electron chi connectivity index (χ3n) is 2.41. The smallest absolute Gasteiger partial charge is 0.0637 e. The Balaban J connectivity index is 2.73. The third-order valence-corrected chi connectivity index (χ3v) is 2.41. The van der Waals surface area contributed by atoms with Crippen molar-refractivity contribution in [1.82, 2.24) is 4.98 Å². The van der Waals surface area contributed by atoms with E-state index in [2.05, 4.69) is 15.2 Å². The maximum absolute atomic E-state index is 9.05. The van der Waals surface area contributed by atoms with E-state index in [1.165, 1.54) is 0 Å². The monoisotopic (exact) mass is 239 g/mol. The van der Waals surface area contributed by atoms with Gasteiger partial charge < -0.3 is 20.1 Å². The second-order valence-corrected chi connectivity index (χ2v) is 3.67. The molecule has 0 spiro atoms. The number of methoxy groups -OCH3 is 1. The van der Waals surface area contributed by atoms with Crippen molar-refractivity contribution >= 4 is 11.4 Å². The molecule has 0 aliphatic heterocycles. The SMILES string of the molecule is CCNc1cncc(N(CCO)CCOC)c1. The molecule has 17 heavy (non-hydrogen) atoms. The highest BCUT2D eigenvalue weighted by Crippen LogP contribution is 2.17. The topological polar surface area (TPSA) is 57.6 Å². The molecule has 0 unspecified atom stereocenters. The lowest BCUT2D eigenvalue weighted by molar-refractivity contribution is 0.203. The van der Waals surface area contributed by atoms with Gasteiger partial charge in [0.1, 0.15) is 0 Å². The maximum atomic E-state index is 9.05. The van der Waals surface area contributed by atoms with Crippen molar-refractivity contribution in [2.75, 3.05) is 50.2 Å². The van der Waals surface area contributed by atoms with E-state index in [0.717, 1.165) is 24.5 Å². The highest BCUT2D eigenvalue weighted by atomic mass is 16.5. The first-order chi connectivity index (χ1) is 8.31. The molecule has 0 aliphatic rings. The van der Waals surface area contributed by atoms with Crippen LogP contribution in [-0.2, 0) is 4.74 Å². The Bertz CT molecular complexity index is 320. The molecule has 0 saturated carbocycles. The van der Waals surface area contributed by atoms with Crippen LogP contribution in [0, 0.1) is 0 Å². The Labute approximate surface area is 102 Å². The molecule has 1 aromatic rings. The Morgan fingerprint density at radius 3 is 2.88 bits per heavy atom. The van der Waals surface area contributed by atoms with Crippen LogP contribution in [0.5, 0.6) is 0 Å². The van der Waals surface area contributed by atoms with Crippen molar-refractivity contribution in [3.63, 3.8) is 0 Å². The van der Waals surface area contributed by atoms with Crippen LogP contribution >= 0.6 is 0 Å². The Morgan fingerprint density at radius 1 is 1.41 bits per heavy atom. The number of hydrogen-bond acceptors (Lipinski definition) is 5. The summed E-state index contributed by atoms with van der Waals surface area (Å²) in [7, 11) is 1.67. The second-order valence-electron chi connectivity index (χ2n) is 3.67.